The number of carbonyl (C=O) groups is 1. The van der Waals surface area contributed by atoms with Gasteiger partial charge >= 0.3 is 0 Å². The summed E-state index contributed by atoms with van der Waals surface area (Å²) >= 11 is 0. The van der Waals surface area contributed by atoms with E-state index in [0.29, 0.717) is 18.4 Å². The molecule has 5 heteroatoms. The number of rotatable bonds is 4. The van der Waals surface area contributed by atoms with E-state index in [2.05, 4.69) is 39.1 Å². The lowest BCUT2D eigenvalue weighted by molar-refractivity contribution is -0.132. The van der Waals surface area contributed by atoms with Gasteiger partial charge in [0.15, 0.2) is 0 Å². The molecule has 1 aromatic heterocycles. The summed E-state index contributed by atoms with van der Waals surface area (Å²) in [5, 5.41) is 8.28. The van der Waals surface area contributed by atoms with Gasteiger partial charge in [-0.2, -0.15) is 5.10 Å². The van der Waals surface area contributed by atoms with E-state index in [1.54, 1.807) is 0 Å². The average molecular weight is 354 g/mol. The van der Waals surface area contributed by atoms with Gasteiger partial charge in [-0.1, -0.05) is 12.5 Å². The minimum atomic E-state index is 0.312. The summed E-state index contributed by atoms with van der Waals surface area (Å²) in [7, 11) is 0. The molecule has 140 valence electrons. The Bertz CT molecular complexity index is 754. The largest absolute Gasteiger partial charge is 0.343 e. The highest BCUT2D eigenvalue weighted by Crippen LogP contribution is 2.22. The van der Waals surface area contributed by atoms with Crippen LogP contribution in [0, 0.1) is 6.92 Å². The fraction of sp³-hybridized carbons (Fsp3) is 0.619. The maximum Gasteiger partial charge on any atom is 0.222 e. The van der Waals surface area contributed by atoms with Gasteiger partial charge in [0.25, 0.3) is 0 Å². The number of carbonyl (C=O) groups excluding carboxylic acids is 1. The molecule has 2 saturated heterocycles. The van der Waals surface area contributed by atoms with Crippen molar-refractivity contribution in [2.24, 2.45) is 0 Å². The van der Waals surface area contributed by atoms with E-state index in [1.807, 2.05) is 6.20 Å². The Balaban J connectivity index is 1.28. The second kappa shape index (κ2) is 7.78. The van der Waals surface area contributed by atoms with Crippen LogP contribution in [0.1, 0.15) is 49.7 Å². The molecular formula is C21H30N4O. The number of benzene rings is 1. The molecule has 1 aromatic carbocycles. The van der Waals surface area contributed by atoms with Crippen LogP contribution in [-0.2, 0) is 11.2 Å². The van der Waals surface area contributed by atoms with Crippen molar-refractivity contribution in [3.8, 4) is 0 Å². The summed E-state index contributed by atoms with van der Waals surface area (Å²) in [6, 6.07) is 5.03. The summed E-state index contributed by atoms with van der Waals surface area (Å²) < 4.78 is 0. The Morgan fingerprint density at radius 2 is 1.92 bits per heavy atom. The second-order valence-corrected chi connectivity index (χ2v) is 7.96. The van der Waals surface area contributed by atoms with Crippen molar-refractivity contribution in [3.05, 3.63) is 29.5 Å². The van der Waals surface area contributed by atoms with Gasteiger partial charge in [-0.15, -0.1) is 0 Å². The van der Waals surface area contributed by atoms with E-state index in [0.717, 1.165) is 43.3 Å². The third-order valence-corrected chi connectivity index (χ3v) is 6.16. The quantitative estimate of drug-likeness (QED) is 0.917. The van der Waals surface area contributed by atoms with Crippen molar-refractivity contribution in [3.63, 3.8) is 0 Å². The number of nitrogens with zero attached hydrogens (tertiary/aromatic N) is 3. The Morgan fingerprint density at radius 3 is 2.69 bits per heavy atom. The van der Waals surface area contributed by atoms with Crippen LogP contribution in [-0.4, -0.2) is 58.1 Å². The zero-order valence-electron chi connectivity index (χ0n) is 15.8. The van der Waals surface area contributed by atoms with Crippen LogP contribution in [0.25, 0.3) is 10.9 Å². The number of likely N-dealkylation sites (tertiary alicyclic amines) is 2. The Morgan fingerprint density at radius 1 is 1.15 bits per heavy atom. The highest BCUT2D eigenvalue weighted by Gasteiger charge is 2.27. The SMILES string of the molecule is Cc1cc(CCC(=O)N2CCC(N3CCCCC3)CC2)cc2cn[nH]c12. The number of H-pyrrole nitrogens is 1. The number of hydrogen-bond acceptors (Lipinski definition) is 3. The topological polar surface area (TPSA) is 52.2 Å². The van der Waals surface area contributed by atoms with Gasteiger partial charge in [-0.25, -0.2) is 0 Å². The van der Waals surface area contributed by atoms with Gasteiger partial charge in [0.1, 0.15) is 0 Å². The molecule has 2 aliphatic heterocycles. The Labute approximate surface area is 155 Å². The van der Waals surface area contributed by atoms with Crippen LogP contribution < -0.4 is 0 Å². The lowest BCUT2D eigenvalue weighted by Gasteiger charge is -2.40. The number of nitrogens with one attached hydrogen (secondary N) is 1. The summed E-state index contributed by atoms with van der Waals surface area (Å²) in [6.07, 6.45) is 9.65. The first-order chi connectivity index (χ1) is 12.7. The first-order valence-corrected chi connectivity index (χ1v) is 10.1. The van der Waals surface area contributed by atoms with Gasteiger partial charge in [-0.3, -0.25) is 9.89 Å². The molecule has 0 unspecified atom stereocenters. The smallest absolute Gasteiger partial charge is 0.222 e. The summed E-state index contributed by atoms with van der Waals surface area (Å²) in [6.45, 7) is 6.47. The van der Waals surface area contributed by atoms with Crippen LogP contribution in [0.2, 0.25) is 0 Å². The molecule has 1 N–H and O–H groups in total. The average Bonchev–Trinajstić information content (AvgIpc) is 3.16. The number of piperidine rings is 2. The standard InChI is InChI=1S/C21H30N4O/c1-16-13-17(14-18-15-22-23-21(16)18)5-6-20(26)25-11-7-19(8-12-25)24-9-3-2-4-10-24/h13-15,19H,2-12H2,1H3,(H,22,23). The van der Waals surface area contributed by atoms with Gasteiger partial charge in [0.05, 0.1) is 11.7 Å². The second-order valence-electron chi connectivity index (χ2n) is 7.96. The third kappa shape index (κ3) is 3.78. The molecule has 1 amide bonds. The van der Waals surface area contributed by atoms with E-state index in [9.17, 15) is 4.79 Å². The fourth-order valence-corrected chi connectivity index (χ4v) is 4.63. The molecule has 0 bridgehead atoms. The normalized spacial score (nSPS) is 20.0. The molecular weight excluding hydrogens is 324 g/mol. The molecule has 4 rings (SSSR count). The molecule has 0 radical (unpaired) electrons. The highest BCUT2D eigenvalue weighted by molar-refractivity contribution is 5.82. The van der Waals surface area contributed by atoms with Crippen LogP contribution >= 0.6 is 0 Å². The number of amides is 1. The minimum absolute atomic E-state index is 0.312. The molecule has 0 atom stereocenters. The maximum atomic E-state index is 12.6. The minimum Gasteiger partial charge on any atom is -0.343 e. The summed E-state index contributed by atoms with van der Waals surface area (Å²) in [5.41, 5.74) is 3.53. The molecule has 2 aliphatic rings. The summed E-state index contributed by atoms with van der Waals surface area (Å²) in [5.74, 6) is 0.312. The van der Waals surface area contributed by atoms with Crippen molar-refractivity contribution >= 4 is 16.8 Å². The first kappa shape index (κ1) is 17.5. The molecule has 0 spiro atoms. The molecule has 0 aliphatic carbocycles. The van der Waals surface area contributed by atoms with Crippen LogP contribution in [0.15, 0.2) is 18.3 Å². The monoisotopic (exact) mass is 354 g/mol. The van der Waals surface area contributed by atoms with Gasteiger partial charge in [0.2, 0.25) is 5.91 Å². The zero-order chi connectivity index (χ0) is 17.9. The molecule has 5 nitrogen and oxygen atoms in total. The number of aryl methyl sites for hydroxylation is 2. The number of aromatic amines is 1. The Kier molecular flexibility index (Phi) is 5.25. The third-order valence-electron chi connectivity index (χ3n) is 6.16. The first-order valence-electron chi connectivity index (χ1n) is 10.1. The van der Waals surface area contributed by atoms with E-state index in [-0.39, 0.29) is 0 Å². The fourth-order valence-electron chi connectivity index (χ4n) is 4.63. The molecule has 2 fully saturated rings. The van der Waals surface area contributed by atoms with Gasteiger partial charge in [0, 0.05) is 30.9 Å². The van der Waals surface area contributed by atoms with Crippen molar-refractivity contribution in [2.45, 2.75) is 57.9 Å². The van der Waals surface area contributed by atoms with Crippen molar-refractivity contribution in [1.29, 1.82) is 0 Å². The van der Waals surface area contributed by atoms with Crippen molar-refractivity contribution in [2.75, 3.05) is 26.2 Å². The van der Waals surface area contributed by atoms with Crippen LogP contribution in [0.4, 0.5) is 0 Å². The van der Waals surface area contributed by atoms with E-state index < -0.39 is 0 Å². The maximum absolute atomic E-state index is 12.6. The molecule has 3 heterocycles. The van der Waals surface area contributed by atoms with E-state index in [4.69, 9.17) is 0 Å². The zero-order valence-corrected chi connectivity index (χ0v) is 15.8. The van der Waals surface area contributed by atoms with Gasteiger partial charge in [-0.05, 0) is 69.3 Å². The van der Waals surface area contributed by atoms with E-state index in [1.165, 1.54) is 43.5 Å². The van der Waals surface area contributed by atoms with Crippen LogP contribution in [0.3, 0.4) is 0 Å². The predicted octanol–water partition coefficient (Wildman–Crippen LogP) is 3.28. The van der Waals surface area contributed by atoms with Crippen molar-refractivity contribution in [1.82, 2.24) is 20.0 Å². The lowest BCUT2D eigenvalue weighted by Crippen LogP contribution is -2.48. The molecule has 26 heavy (non-hydrogen) atoms. The number of hydrogen-bond donors (Lipinski definition) is 1. The van der Waals surface area contributed by atoms with Crippen molar-refractivity contribution < 1.29 is 4.79 Å². The molecule has 2 aromatic rings. The lowest BCUT2D eigenvalue weighted by atomic mass is 9.99. The predicted molar refractivity (Wildman–Crippen MR) is 104 cm³/mol. The van der Waals surface area contributed by atoms with E-state index >= 15 is 0 Å². The Hall–Kier alpha value is -1.88. The number of fused-ring (bicyclic) bond motifs is 1. The van der Waals surface area contributed by atoms with Crippen LogP contribution in [0.5, 0.6) is 0 Å². The molecule has 0 saturated carbocycles. The number of aromatic nitrogens is 2. The summed E-state index contributed by atoms with van der Waals surface area (Å²) in [4.78, 5) is 17.4. The highest BCUT2D eigenvalue weighted by atomic mass is 16.2. The van der Waals surface area contributed by atoms with Gasteiger partial charge < -0.3 is 9.80 Å².